The van der Waals surface area contributed by atoms with E-state index < -0.39 is 0 Å². The van der Waals surface area contributed by atoms with Crippen molar-refractivity contribution in [2.75, 3.05) is 6.54 Å². The van der Waals surface area contributed by atoms with Gasteiger partial charge in [-0.05, 0) is 63.4 Å². The summed E-state index contributed by atoms with van der Waals surface area (Å²) in [6.07, 6.45) is 1.07. The first kappa shape index (κ1) is 15.3. The van der Waals surface area contributed by atoms with Crippen molar-refractivity contribution in [2.24, 2.45) is 0 Å². The lowest BCUT2D eigenvalue weighted by Gasteiger charge is -2.19. The second kappa shape index (κ2) is 6.55. The van der Waals surface area contributed by atoms with Gasteiger partial charge >= 0.3 is 0 Å². The number of thiophene rings is 1. The first-order chi connectivity index (χ1) is 9.51. The summed E-state index contributed by atoms with van der Waals surface area (Å²) in [6.45, 7) is 12.0. The van der Waals surface area contributed by atoms with E-state index in [0.717, 1.165) is 13.0 Å². The van der Waals surface area contributed by atoms with Crippen LogP contribution in [0.15, 0.2) is 24.3 Å². The van der Waals surface area contributed by atoms with Gasteiger partial charge in [0.1, 0.15) is 0 Å². The molecule has 0 saturated carbocycles. The van der Waals surface area contributed by atoms with Crippen LogP contribution in [0.5, 0.6) is 0 Å². The zero-order valence-electron chi connectivity index (χ0n) is 13.2. The van der Waals surface area contributed by atoms with Gasteiger partial charge in [-0.1, -0.05) is 30.7 Å². The third-order valence-electron chi connectivity index (χ3n) is 3.78. The summed E-state index contributed by atoms with van der Waals surface area (Å²) in [4.78, 5) is 2.90. The van der Waals surface area contributed by atoms with Crippen molar-refractivity contribution in [3.8, 4) is 0 Å². The van der Waals surface area contributed by atoms with E-state index in [1.54, 1.807) is 0 Å². The lowest BCUT2D eigenvalue weighted by atomic mass is 9.97. The highest BCUT2D eigenvalue weighted by atomic mass is 32.1. The highest BCUT2D eigenvalue weighted by Crippen LogP contribution is 2.30. The number of nitrogens with one attached hydrogen (secondary N) is 1. The Labute approximate surface area is 127 Å². The first-order valence-corrected chi connectivity index (χ1v) is 8.19. The molecule has 0 saturated heterocycles. The molecule has 1 aromatic heterocycles. The summed E-state index contributed by atoms with van der Waals surface area (Å²) >= 11 is 1.93. The molecule has 2 rings (SSSR count). The highest BCUT2D eigenvalue weighted by molar-refractivity contribution is 7.12. The number of hydrogen-bond donors (Lipinski definition) is 1. The minimum Gasteiger partial charge on any atom is -0.309 e. The van der Waals surface area contributed by atoms with E-state index in [1.165, 1.54) is 32.0 Å². The van der Waals surface area contributed by atoms with Crippen LogP contribution < -0.4 is 5.32 Å². The van der Waals surface area contributed by atoms with Gasteiger partial charge in [-0.15, -0.1) is 11.3 Å². The topological polar surface area (TPSA) is 12.0 Å². The summed E-state index contributed by atoms with van der Waals surface area (Å²) < 4.78 is 0. The number of benzene rings is 1. The average molecular weight is 287 g/mol. The SMILES string of the molecule is CCNC(Cc1cc(C)ccc1C)c1sc(C)cc1C. The van der Waals surface area contributed by atoms with Crippen LogP contribution in [-0.4, -0.2) is 6.54 Å². The molecule has 0 aliphatic rings. The van der Waals surface area contributed by atoms with Crippen LogP contribution in [0.25, 0.3) is 0 Å². The molecule has 2 aromatic rings. The Balaban J connectivity index is 2.30. The second-order valence-electron chi connectivity index (χ2n) is 5.65. The molecule has 0 radical (unpaired) electrons. The van der Waals surface area contributed by atoms with Crippen molar-refractivity contribution < 1.29 is 0 Å². The molecule has 1 unspecified atom stereocenters. The van der Waals surface area contributed by atoms with Gasteiger partial charge in [0.25, 0.3) is 0 Å². The molecule has 1 aromatic carbocycles. The van der Waals surface area contributed by atoms with Gasteiger partial charge in [0.2, 0.25) is 0 Å². The lowest BCUT2D eigenvalue weighted by Crippen LogP contribution is -2.23. The molecule has 0 fully saturated rings. The predicted molar refractivity (Wildman–Crippen MR) is 89.8 cm³/mol. The van der Waals surface area contributed by atoms with Gasteiger partial charge in [0, 0.05) is 15.8 Å². The van der Waals surface area contributed by atoms with Crippen LogP contribution in [0.2, 0.25) is 0 Å². The fourth-order valence-electron chi connectivity index (χ4n) is 2.75. The number of aryl methyl sites for hydroxylation is 4. The minimum absolute atomic E-state index is 0.430. The van der Waals surface area contributed by atoms with Crippen molar-refractivity contribution in [2.45, 2.75) is 47.1 Å². The Kier molecular flexibility index (Phi) is 5.00. The van der Waals surface area contributed by atoms with E-state index in [4.69, 9.17) is 0 Å². The Morgan fingerprint density at radius 3 is 2.40 bits per heavy atom. The maximum Gasteiger partial charge on any atom is 0.0458 e. The first-order valence-electron chi connectivity index (χ1n) is 7.37. The van der Waals surface area contributed by atoms with Gasteiger partial charge in [0.15, 0.2) is 0 Å². The molecule has 1 heterocycles. The van der Waals surface area contributed by atoms with Gasteiger partial charge in [-0.2, -0.15) is 0 Å². The molecule has 0 spiro atoms. The van der Waals surface area contributed by atoms with Crippen LogP contribution in [0.1, 0.15) is 45.0 Å². The molecule has 0 bridgehead atoms. The van der Waals surface area contributed by atoms with Gasteiger partial charge in [-0.25, -0.2) is 0 Å². The van der Waals surface area contributed by atoms with E-state index in [1.807, 2.05) is 11.3 Å². The smallest absolute Gasteiger partial charge is 0.0458 e. The zero-order valence-corrected chi connectivity index (χ0v) is 14.0. The van der Waals surface area contributed by atoms with Crippen LogP contribution in [-0.2, 0) is 6.42 Å². The van der Waals surface area contributed by atoms with Crippen molar-refractivity contribution in [3.05, 3.63) is 56.3 Å². The fourth-order valence-corrected chi connectivity index (χ4v) is 3.86. The summed E-state index contributed by atoms with van der Waals surface area (Å²) in [6, 6.07) is 9.49. The van der Waals surface area contributed by atoms with E-state index >= 15 is 0 Å². The summed E-state index contributed by atoms with van der Waals surface area (Å²) in [5.41, 5.74) is 5.62. The normalized spacial score (nSPS) is 12.7. The molecule has 1 atom stereocenters. The predicted octanol–water partition coefficient (Wildman–Crippen LogP) is 4.88. The molecule has 0 aliphatic carbocycles. The zero-order chi connectivity index (χ0) is 14.7. The molecule has 1 nitrogen and oxygen atoms in total. The third-order valence-corrected chi connectivity index (χ3v) is 5.04. The maximum atomic E-state index is 3.66. The van der Waals surface area contributed by atoms with E-state index in [9.17, 15) is 0 Å². The van der Waals surface area contributed by atoms with Crippen molar-refractivity contribution in [1.29, 1.82) is 0 Å². The van der Waals surface area contributed by atoms with Gasteiger partial charge < -0.3 is 5.32 Å². The number of hydrogen-bond acceptors (Lipinski definition) is 2. The van der Waals surface area contributed by atoms with Gasteiger partial charge in [-0.3, -0.25) is 0 Å². The van der Waals surface area contributed by atoms with Crippen LogP contribution in [0, 0.1) is 27.7 Å². The molecular weight excluding hydrogens is 262 g/mol. The monoisotopic (exact) mass is 287 g/mol. The Bertz CT molecular complexity index is 583. The quantitative estimate of drug-likeness (QED) is 0.827. The van der Waals surface area contributed by atoms with E-state index in [-0.39, 0.29) is 0 Å². The van der Waals surface area contributed by atoms with Gasteiger partial charge in [0.05, 0.1) is 0 Å². The average Bonchev–Trinajstić information content (AvgIpc) is 2.72. The largest absolute Gasteiger partial charge is 0.309 e. The Hall–Kier alpha value is -1.12. The Morgan fingerprint density at radius 2 is 1.80 bits per heavy atom. The Morgan fingerprint density at radius 1 is 1.05 bits per heavy atom. The van der Waals surface area contributed by atoms with Crippen LogP contribution in [0.4, 0.5) is 0 Å². The summed E-state index contributed by atoms with van der Waals surface area (Å²) in [5.74, 6) is 0. The molecule has 0 amide bonds. The van der Waals surface area contributed by atoms with Crippen molar-refractivity contribution in [3.63, 3.8) is 0 Å². The summed E-state index contributed by atoms with van der Waals surface area (Å²) in [7, 11) is 0. The number of rotatable bonds is 5. The van der Waals surface area contributed by atoms with Crippen molar-refractivity contribution in [1.82, 2.24) is 5.32 Å². The molecular formula is C18H25NS. The fraction of sp³-hybridized carbons (Fsp3) is 0.444. The van der Waals surface area contributed by atoms with E-state index in [0.29, 0.717) is 6.04 Å². The molecule has 0 aliphatic heterocycles. The second-order valence-corrected chi connectivity index (χ2v) is 6.94. The molecule has 20 heavy (non-hydrogen) atoms. The molecule has 1 N–H and O–H groups in total. The minimum atomic E-state index is 0.430. The van der Waals surface area contributed by atoms with Crippen LogP contribution in [0.3, 0.4) is 0 Å². The summed E-state index contributed by atoms with van der Waals surface area (Å²) in [5, 5.41) is 3.66. The van der Waals surface area contributed by atoms with Crippen LogP contribution >= 0.6 is 11.3 Å². The maximum absolute atomic E-state index is 3.66. The molecule has 108 valence electrons. The number of likely N-dealkylation sites (N-methyl/N-ethyl adjacent to an activating group) is 1. The van der Waals surface area contributed by atoms with Crippen molar-refractivity contribution >= 4 is 11.3 Å². The van der Waals surface area contributed by atoms with E-state index in [2.05, 4.69) is 64.2 Å². The lowest BCUT2D eigenvalue weighted by molar-refractivity contribution is 0.555. The highest BCUT2D eigenvalue weighted by Gasteiger charge is 2.17. The molecule has 2 heteroatoms. The standard InChI is InChI=1S/C18H25NS/c1-6-19-17(18-14(4)10-15(5)20-18)11-16-9-12(2)7-8-13(16)3/h7-10,17,19H,6,11H2,1-5H3. The third kappa shape index (κ3) is 3.50.